The van der Waals surface area contributed by atoms with Gasteiger partial charge in [0.25, 0.3) is 5.91 Å². The van der Waals surface area contributed by atoms with Crippen molar-refractivity contribution in [2.45, 2.75) is 47.1 Å². The second kappa shape index (κ2) is 9.25. The fourth-order valence-corrected chi connectivity index (χ4v) is 3.93. The molecule has 0 bridgehead atoms. The number of rotatable bonds is 6. The Labute approximate surface area is 173 Å². The number of nitrogens with zero attached hydrogens (tertiary/aromatic N) is 4. The zero-order valence-corrected chi connectivity index (χ0v) is 18.0. The first kappa shape index (κ1) is 21.1. The molecule has 1 saturated heterocycles. The number of aryl methyl sites for hydroxylation is 1. The SMILES string of the molecule is Cc1nn(CC(C)C)c(C)c1CCC(=O)N1CCN(C(=O)c2ccccc2)CC1. The summed E-state index contributed by atoms with van der Waals surface area (Å²) >= 11 is 0. The molecule has 156 valence electrons. The highest BCUT2D eigenvalue weighted by atomic mass is 16.2. The van der Waals surface area contributed by atoms with Crippen molar-refractivity contribution in [1.29, 1.82) is 0 Å². The Morgan fingerprint density at radius 1 is 1.00 bits per heavy atom. The highest BCUT2D eigenvalue weighted by Crippen LogP contribution is 2.18. The summed E-state index contributed by atoms with van der Waals surface area (Å²) in [5, 5.41) is 4.65. The van der Waals surface area contributed by atoms with Crippen LogP contribution >= 0.6 is 0 Å². The average Bonchev–Trinajstić information content (AvgIpc) is 2.98. The normalized spacial score (nSPS) is 14.5. The van der Waals surface area contributed by atoms with E-state index in [0.717, 1.165) is 18.7 Å². The van der Waals surface area contributed by atoms with Crippen LogP contribution in [-0.2, 0) is 17.8 Å². The van der Waals surface area contributed by atoms with Crippen LogP contribution in [0.1, 0.15) is 47.6 Å². The van der Waals surface area contributed by atoms with Gasteiger partial charge in [0.1, 0.15) is 0 Å². The molecule has 0 atom stereocenters. The lowest BCUT2D eigenvalue weighted by molar-refractivity contribution is -0.132. The molecule has 6 nitrogen and oxygen atoms in total. The van der Waals surface area contributed by atoms with Crippen molar-refractivity contribution in [2.24, 2.45) is 5.92 Å². The minimum Gasteiger partial charge on any atom is -0.339 e. The van der Waals surface area contributed by atoms with Gasteiger partial charge in [-0.3, -0.25) is 14.3 Å². The van der Waals surface area contributed by atoms with Crippen LogP contribution in [0.4, 0.5) is 0 Å². The van der Waals surface area contributed by atoms with Gasteiger partial charge >= 0.3 is 0 Å². The summed E-state index contributed by atoms with van der Waals surface area (Å²) < 4.78 is 2.06. The monoisotopic (exact) mass is 396 g/mol. The van der Waals surface area contributed by atoms with Crippen molar-refractivity contribution in [1.82, 2.24) is 19.6 Å². The third-order valence-electron chi connectivity index (χ3n) is 5.60. The van der Waals surface area contributed by atoms with Crippen molar-refractivity contribution < 1.29 is 9.59 Å². The average molecular weight is 397 g/mol. The van der Waals surface area contributed by atoms with E-state index >= 15 is 0 Å². The molecular weight excluding hydrogens is 364 g/mol. The lowest BCUT2D eigenvalue weighted by atomic mass is 10.1. The smallest absolute Gasteiger partial charge is 0.253 e. The molecule has 0 unspecified atom stereocenters. The van der Waals surface area contributed by atoms with E-state index < -0.39 is 0 Å². The molecule has 1 aliphatic rings. The Hall–Kier alpha value is -2.63. The van der Waals surface area contributed by atoms with Gasteiger partial charge in [-0.05, 0) is 43.9 Å². The minimum atomic E-state index is 0.0431. The maximum Gasteiger partial charge on any atom is 0.253 e. The molecule has 6 heteroatoms. The number of carbonyl (C=O) groups is 2. The van der Waals surface area contributed by atoms with Crippen LogP contribution in [-0.4, -0.2) is 57.6 Å². The highest BCUT2D eigenvalue weighted by Gasteiger charge is 2.25. The van der Waals surface area contributed by atoms with E-state index in [0.29, 0.717) is 44.1 Å². The molecule has 1 aliphatic heterocycles. The fourth-order valence-electron chi connectivity index (χ4n) is 3.93. The summed E-state index contributed by atoms with van der Waals surface area (Å²) in [7, 11) is 0. The van der Waals surface area contributed by atoms with Gasteiger partial charge < -0.3 is 9.80 Å². The van der Waals surface area contributed by atoms with Crippen LogP contribution in [0.25, 0.3) is 0 Å². The quantitative estimate of drug-likeness (QED) is 0.754. The van der Waals surface area contributed by atoms with Crippen LogP contribution in [0.3, 0.4) is 0 Å². The second-order valence-corrected chi connectivity index (χ2v) is 8.26. The maximum atomic E-state index is 12.7. The maximum absolute atomic E-state index is 12.7. The molecule has 0 N–H and O–H groups in total. The Kier molecular flexibility index (Phi) is 6.72. The molecule has 0 aliphatic carbocycles. The van der Waals surface area contributed by atoms with Crippen molar-refractivity contribution in [2.75, 3.05) is 26.2 Å². The molecule has 0 saturated carbocycles. The van der Waals surface area contributed by atoms with Crippen molar-refractivity contribution >= 4 is 11.8 Å². The molecule has 0 radical (unpaired) electrons. The zero-order chi connectivity index (χ0) is 21.0. The number of aromatic nitrogens is 2. The van der Waals surface area contributed by atoms with Crippen molar-refractivity contribution in [3.63, 3.8) is 0 Å². The van der Waals surface area contributed by atoms with E-state index in [1.165, 1.54) is 11.3 Å². The third kappa shape index (κ3) is 5.05. The van der Waals surface area contributed by atoms with Crippen LogP contribution in [0, 0.1) is 19.8 Å². The van der Waals surface area contributed by atoms with Gasteiger partial charge in [-0.2, -0.15) is 5.10 Å². The molecule has 1 aromatic heterocycles. The summed E-state index contributed by atoms with van der Waals surface area (Å²) in [5.74, 6) is 0.742. The summed E-state index contributed by atoms with van der Waals surface area (Å²) in [5.41, 5.74) is 4.09. The fraction of sp³-hybridized carbons (Fsp3) is 0.522. The molecule has 1 fully saturated rings. The van der Waals surface area contributed by atoms with Crippen LogP contribution < -0.4 is 0 Å². The van der Waals surface area contributed by atoms with Gasteiger partial charge in [-0.25, -0.2) is 0 Å². The molecule has 2 amide bonds. The largest absolute Gasteiger partial charge is 0.339 e. The molecule has 1 aromatic carbocycles. The number of hydrogen-bond donors (Lipinski definition) is 0. The first-order valence-corrected chi connectivity index (χ1v) is 10.5. The summed E-state index contributed by atoms with van der Waals surface area (Å²) in [4.78, 5) is 29.0. The standard InChI is InChI=1S/C23H32N4O2/c1-17(2)16-27-19(4)21(18(3)24-27)10-11-22(28)25-12-14-26(15-13-25)23(29)20-8-6-5-7-9-20/h5-9,17H,10-16H2,1-4H3. The number of piperazine rings is 1. The summed E-state index contributed by atoms with van der Waals surface area (Å²) in [6.45, 7) is 11.8. The predicted octanol–water partition coefficient (Wildman–Crippen LogP) is 3.07. The van der Waals surface area contributed by atoms with E-state index in [4.69, 9.17) is 0 Å². The van der Waals surface area contributed by atoms with Gasteiger partial charge in [0.05, 0.1) is 5.69 Å². The van der Waals surface area contributed by atoms with Crippen LogP contribution in [0.2, 0.25) is 0 Å². The molecule has 2 aromatic rings. The number of hydrogen-bond acceptors (Lipinski definition) is 3. The van der Waals surface area contributed by atoms with E-state index in [-0.39, 0.29) is 11.8 Å². The Balaban J connectivity index is 1.52. The minimum absolute atomic E-state index is 0.0431. The zero-order valence-electron chi connectivity index (χ0n) is 18.0. The number of carbonyl (C=O) groups excluding carboxylic acids is 2. The predicted molar refractivity (Wildman–Crippen MR) is 114 cm³/mol. The second-order valence-electron chi connectivity index (χ2n) is 8.26. The lowest BCUT2D eigenvalue weighted by Crippen LogP contribution is -2.50. The molecular formula is C23H32N4O2. The van der Waals surface area contributed by atoms with Crippen LogP contribution in [0.15, 0.2) is 30.3 Å². The van der Waals surface area contributed by atoms with Gasteiger partial charge in [0.2, 0.25) is 5.91 Å². The van der Waals surface area contributed by atoms with Crippen LogP contribution in [0.5, 0.6) is 0 Å². The summed E-state index contributed by atoms with van der Waals surface area (Å²) in [6, 6.07) is 9.33. The van der Waals surface area contributed by atoms with Gasteiger partial charge in [-0.1, -0.05) is 32.0 Å². The van der Waals surface area contributed by atoms with Gasteiger partial charge in [0.15, 0.2) is 0 Å². The highest BCUT2D eigenvalue weighted by molar-refractivity contribution is 5.94. The van der Waals surface area contributed by atoms with E-state index in [9.17, 15) is 9.59 Å². The van der Waals surface area contributed by atoms with E-state index in [2.05, 4.69) is 30.6 Å². The van der Waals surface area contributed by atoms with E-state index in [1.807, 2.05) is 47.1 Å². The first-order chi connectivity index (χ1) is 13.9. The summed E-state index contributed by atoms with van der Waals surface area (Å²) in [6.07, 6.45) is 1.21. The lowest BCUT2D eigenvalue weighted by Gasteiger charge is -2.35. The molecule has 2 heterocycles. The van der Waals surface area contributed by atoms with Gasteiger partial charge in [-0.15, -0.1) is 0 Å². The number of amides is 2. The molecule has 0 spiro atoms. The Morgan fingerprint density at radius 3 is 2.24 bits per heavy atom. The topological polar surface area (TPSA) is 58.4 Å². The third-order valence-corrected chi connectivity index (χ3v) is 5.60. The van der Waals surface area contributed by atoms with Gasteiger partial charge in [0, 0.05) is 50.4 Å². The van der Waals surface area contributed by atoms with Crippen molar-refractivity contribution in [3.8, 4) is 0 Å². The number of benzene rings is 1. The first-order valence-electron chi connectivity index (χ1n) is 10.5. The Bertz CT molecular complexity index is 849. The molecule has 3 rings (SSSR count). The Morgan fingerprint density at radius 2 is 1.62 bits per heavy atom. The molecule has 29 heavy (non-hydrogen) atoms. The van der Waals surface area contributed by atoms with Crippen molar-refractivity contribution in [3.05, 3.63) is 52.8 Å². The van der Waals surface area contributed by atoms with E-state index in [1.54, 1.807) is 0 Å².